The van der Waals surface area contributed by atoms with Crippen molar-refractivity contribution in [1.82, 2.24) is 14.4 Å². The number of nitrogens with one attached hydrogen (secondary N) is 1. The molecule has 0 unspecified atom stereocenters. The topological polar surface area (TPSA) is 135 Å². The Morgan fingerprint density at radius 1 is 1.15 bits per heavy atom. The average Bonchev–Trinajstić information content (AvgIpc) is 3.48. The van der Waals surface area contributed by atoms with E-state index in [9.17, 15) is 18.0 Å². The lowest BCUT2D eigenvalue weighted by Crippen LogP contribution is -2.50. The van der Waals surface area contributed by atoms with Gasteiger partial charge in [0.1, 0.15) is 10.6 Å². The van der Waals surface area contributed by atoms with Gasteiger partial charge in [-0.2, -0.15) is 4.31 Å². The molecule has 1 aromatic carbocycles. The molecule has 3 heterocycles. The summed E-state index contributed by atoms with van der Waals surface area (Å²) in [6.45, 7) is 3.70. The van der Waals surface area contributed by atoms with Crippen LogP contribution in [0.2, 0.25) is 0 Å². The standard InChI is InChI=1S/C22H24N4O7S/c1-14-20(21(33-24-14)23-15(2)27)16-6-7-17(31-3)19(13-16)34(29,30)26-10-8-25(9-11-26)22(28)18-5-4-12-32-18/h4-7,12-13H,8-11H2,1-3H3,(H,23,27). The van der Waals surface area contributed by atoms with Crippen molar-refractivity contribution in [2.45, 2.75) is 18.7 Å². The number of hydrogen-bond donors (Lipinski definition) is 1. The van der Waals surface area contributed by atoms with Crippen molar-refractivity contribution < 1.29 is 31.7 Å². The molecule has 0 saturated carbocycles. The van der Waals surface area contributed by atoms with Gasteiger partial charge in [0.15, 0.2) is 5.76 Å². The van der Waals surface area contributed by atoms with E-state index in [0.717, 1.165) is 0 Å². The normalized spacial score (nSPS) is 14.7. The van der Waals surface area contributed by atoms with E-state index < -0.39 is 10.0 Å². The Morgan fingerprint density at radius 2 is 1.88 bits per heavy atom. The Labute approximate surface area is 196 Å². The molecule has 3 aromatic rings. The zero-order chi connectivity index (χ0) is 24.5. The Bertz CT molecular complexity index is 1310. The molecule has 1 fully saturated rings. The first kappa shape index (κ1) is 23.5. The van der Waals surface area contributed by atoms with Crippen molar-refractivity contribution in [3.63, 3.8) is 0 Å². The highest BCUT2D eigenvalue weighted by molar-refractivity contribution is 7.89. The van der Waals surface area contributed by atoms with Crippen LogP contribution in [0.25, 0.3) is 11.1 Å². The third-order valence-electron chi connectivity index (χ3n) is 5.48. The van der Waals surface area contributed by atoms with Crippen molar-refractivity contribution in [2.75, 3.05) is 38.6 Å². The van der Waals surface area contributed by atoms with Crippen LogP contribution >= 0.6 is 0 Å². The highest BCUT2D eigenvalue weighted by Gasteiger charge is 2.33. The number of benzene rings is 1. The Balaban J connectivity index is 1.62. The fourth-order valence-electron chi connectivity index (χ4n) is 3.82. The highest BCUT2D eigenvalue weighted by atomic mass is 32.2. The molecule has 11 nitrogen and oxygen atoms in total. The van der Waals surface area contributed by atoms with E-state index in [1.54, 1.807) is 36.1 Å². The Kier molecular flexibility index (Phi) is 6.44. The van der Waals surface area contributed by atoms with E-state index in [2.05, 4.69) is 10.5 Å². The molecule has 0 radical (unpaired) electrons. The summed E-state index contributed by atoms with van der Waals surface area (Å²) in [6, 6.07) is 7.89. The fraction of sp³-hybridized carbons (Fsp3) is 0.318. The van der Waals surface area contributed by atoms with Crippen LogP contribution < -0.4 is 10.1 Å². The minimum Gasteiger partial charge on any atom is -0.495 e. The molecule has 2 aromatic heterocycles. The molecule has 1 aliphatic rings. The minimum absolute atomic E-state index is 0.0345. The number of sulfonamides is 1. The van der Waals surface area contributed by atoms with Gasteiger partial charge in [0, 0.05) is 33.1 Å². The maximum absolute atomic E-state index is 13.6. The van der Waals surface area contributed by atoms with Crippen LogP contribution in [0.3, 0.4) is 0 Å². The molecule has 0 atom stereocenters. The van der Waals surface area contributed by atoms with Gasteiger partial charge in [-0.3, -0.25) is 14.9 Å². The predicted octanol–water partition coefficient (Wildman–Crippen LogP) is 2.36. The fourth-order valence-corrected chi connectivity index (χ4v) is 5.42. The number of rotatable bonds is 6. The van der Waals surface area contributed by atoms with E-state index in [1.165, 1.54) is 30.7 Å². The summed E-state index contributed by atoms with van der Waals surface area (Å²) in [5.41, 5.74) is 1.46. The van der Waals surface area contributed by atoms with Gasteiger partial charge in [0.25, 0.3) is 5.91 Å². The van der Waals surface area contributed by atoms with Crippen molar-refractivity contribution in [2.24, 2.45) is 0 Å². The summed E-state index contributed by atoms with van der Waals surface area (Å²) in [6.07, 6.45) is 1.42. The van der Waals surface area contributed by atoms with Crippen LogP contribution in [0.4, 0.5) is 5.88 Å². The molecule has 2 amide bonds. The largest absolute Gasteiger partial charge is 0.495 e. The number of ether oxygens (including phenoxy) is 1. The maximum Gasteiger partial charge on any atom is 0.289 e. The van der Waals surface area contributed by atoms with Crippen LogP contribution in [0.5, 0.6) is 5.75 Å². The van der Waals surface area contributed by atoms with Crippen LogP contribution in [0.15, 0.2) is 50.4 Å². The Morgan fingerprint density at radius 3 is 2.50 bits per heavy atom. The second-order valence-electron chi connectivity index (χ2n) is 7.69. The molecule has 1 saturated heterocycles. The lowest BCUT2D eigenvalue weighted by Gasteiger charge is -2.33. The molecule has 0 bridgehead atoms. The van der Waals surface area contributed by atoms with E-state index >= 15 is 0 Å². The second-order valence-corrected chi connectivity index (χ2v) is 9.60. The van der Waals surface area contributed by atoms with Gasteiger partial charge in [-0.25, -0.2) is 8.42 Å². The Hall–Kier alpha value is -3.64. The maximum atomic E-state index is 13.6. The molecule has 0 aliphatic carbocycles. The lowest BCUT2D eigenvalue weighted by molar-refractivity contribution is -0.114. The highest BCUT2D eigenvalue weighted by Crippen LogP contribution is 2.37. The van der Waals surface area contributed by atoms with Crippen LogP contribution in [0, 0.1) is 6.92 Å². The van der Waals surface area contributed by atoms with Gasteiger partial charge in [0.2, 0.25) is 21.8 Å². The SMILES string of the molecule is COc1ccc(-c2c(C)noc2NC(C)=O)cc1S(=O)(=O)N1CCN(C(=O)c2ccco2)CC1. The lowest BCUT2D eigenvalue weighted by atomic mass is 10.1. The molecule has 1 N–H and O–H groups in total. The number of aryl methyl sites for hydroxylation is 1. The first-order valence-corrected chi connectivity index (χ1v) is 11.9. The smallest absolute Gasteiger partial charge is 0.289 e. The van der Waals surface area contributed by atoms with Crippen molar-refractivity contribution in [3.8, 4) is 16.9 Å². The van der Waals surface area contributed by atoms with Gasteiger partial charge in [-0.1, -0.05) is 11.2 Å². The number of hydrogen-bond acceptors (Lipinski definition) is 8. The number of methoxy groups -OCH3 is 1. The number of piperazine rings is 1. The van der Waals surface area contributed by atoms with Crippen LogP contribution in [0.1, 0.15) is 23.2 Å². The first-order valence-electron chi connectivity index (χ1n) is 10.5. The number of aromatic nitrogens is 1. The number of nitrogens with zero attached hydrogens (tertiary/aromatic N) is 3. The summed E-state index contributed by atoms with van der Waals surface area (Å²) in [4.78, 5) is 25.6. The molecule has 0 spiro atoms. The summed E-state index contributed by atoms with van der Waals surface area (Å²) < 4.78 is 44.1. The third-order valence-corrected chi connectivity index (χ3v) is 7.40. The average molecular weight is 489 g/mol. The first-order chi connectivity index (χ1) is 16.2. The molecule has 4 rings (SSSR count). The zero-order valence-corrected chi connectivity index (χ0v) is 19.7. The minimum atomic E-state index is -3.96. The second kappa shape index (κ2) is 9.31. The van der Waals surface area contributed by atoms with Gasteiger partial charge in [-0.05, 0) is 36.8 Å². The third kappa shape index (κ3) is 4.41. The number of carbonyl (C=O) groups excluding carboxylic acids is 2. The summed E-state index contributed by atoms with van der Waals surface area (Å²) in [7, 11) is -2.57. The summed E-state index contributed by atoms with van der Waals surface area (Å²) in [5, 5.41) is 6.46. The zero-order valence-electron chi connectivity index (χ0n) is 18.9. The molecule has 180 valence electrons. The van der Waals surface area contributed by atoms with Gasteiger partial charge < -0.3 is 18.6 Å². The van der Waals surface area contributed by atoms with Gasteiger partial charge in [-0.15, -0.1) is 0 Å². The van der Waals surface area contributed by atoms with Crippen LogP contribution in [-0.4, -0.2) is 67.9 Å². The van der Waals surface area contributed by atoms with E-state index in [0.29, 0.717) is 16.8 Å². The van der Waals surface area contributed by atoms with Gasteiger partial charge in [0.05, 0.1) is 24.6 Å². The number of furan rings is 1. The monoisotopic (exact) mass is 488 g/mol. The summed E-state index contributed by atoms with van der Waals surface area (Å²) >= 11 is 0. The van der Waals surface area contributed by atoms with E-state index in [1.807, 2.05) is 0 Å². The molecule has 12 heteroatoms. The predicted molar refractivity (Wildman–Crippen MR) is 121 cm³/mol. The summed E-state index contributed by atoms with van der Waals surface area (Å²) in [5.74, 6) is -0.114. The van der Waals surface area contributed by atoms with Crippen LogP contribution in [-0.2, 0) is 14.8 Å². The molecule has 1 aliphatic heterocycles. The van der Waals surface area contributed by atoms with E-state index in [4.69, 9.17) is 13.7 Å². The number of anilines is 1. The quantitative estimate of drug-likeness (QED) is 0.559. The van der Waals surface area contributed by atoms with Crippen molar-refractivity contribution in [1.29, 1.82) is 0 Å². The number of amides is 2. The van der Waals surface area contributed by atoms with Gasteiger partial charge >= 0.3 is 0 Å². The molecular formula is C22H24N4O7S. The van der Waals surface area contributed by atoms with Crippen molar-refractivity contribution in [3.05, 3.63) is 48.0 Å². The number of carbonyl (C=O) groups is 2. The van der Waals surface area contributed by atoms with Crippen molar-refractivity contribution >= 4 is 27.7 Å². The molecule has 34 heavy (non-hydrogen) atoms. The molecular weight excluding hydrogens is 464 g/mol. The van der Waals surface area contributed by atoms with E-state index in [-0.39, 0.29) is 60.3 Å².